The van der Waals surface area contributed by atoms with Gasteiger partial charge in [0.05, 0.1) is 18.8 Å². The van der Waals surface area contributed by atoms with Crippen molar-refractivity contribution in [1.29, 1.82) is 0 Å². The van der Waals surface area contributed by atoms with Crippen LogP contribution in [-0.2, 0) is 9.47 Å². The Bertz CT molecular complexity index is 762. The Labute approximate surface area is 159 Å². The van der Waals surface area contributed by atoms with E-state index in [0.717, 1.165) is 37.2 Å². The highest BCUT2D eigenvalue weighted by atomic mass is 16.5. The zero-order chi connectivity index (χ0) is 19.1. The molecule has 0 unspecified atom stereocenters. The van der Waals surface area contributed by atoms with Crippen LogP contribution in [0.3, 0.4) is 0 Å². The number of hydrogen-bond donors (Lipinski definition) is 1. The average molecular weight is 367 g/mol. The van der Waals surface area contributed by atoms with Crippen molar-refractivity contribution < 1.29 is 19.1 Å². The summed E-state index contributed by atoms with van der Waals surface area (Å²) < 4.78 is 10.4. The third-order valence-corrected chi connectivity index (χ3v) is 4.68. The van der Waals surface area contributed by atoms with E-state index in [9.17, 15) is 9.59 Å². The van der Waals surface area contributed by atoms with Crippen LogP contribution < -0.4 is 5.32 Å². The zero-order valence-corrected chi connectivity index (χ0v) is 15.6. The van der Waals surface area contributed by atoms with E-state index in [1.54, 1.807) is 19.1 Å². The van der Waals surface area contributed by atoms with Gasteiger partial charge in [-0.2, -0.15) is 0 Å². The number of hydrogen-bond acceptors (Lipinski definition) is 4. The molecular formula is C22H25NO4. The molecule has 0 spiro atoms. The summed E-state index contributed by atoms with van der Waals surface area (Å²) in [5.41, 5.74) is 3.14. The largest absolute Gasteiger partial charge is 0.462 e. The molecule has 2 aromatic rings. The minimum Gasteiger partial charge on any atom is -0.462 e. The van der Waals surface area contributed by atoms with E-state index < -0.39 is 0 Å². The smallest absolute Gasteiger partial charge is 0.338 e. The van der Waals surface area contributed by atoms with Crippen molar-refractivity contribution in [3.05, 3.63) is 59.7 Å². The Balaban J connectivity index is 1.59. The fourth-order valence-corrected chi connectivity index (χ4v) is 3.13. The number of rotatable bonds is 6. The van der Waals surface area contributed by atoms with E-state index in [1.165, 1.54) is 0 Å². The Morgan fingerprint density at radius 3 is 2.22 bits per heavy atom. The molecule has 1 atom stereocenters. The highest BCUT2D eigenvalue weighted by Crippen LogP contribution is 2.21. The van der Waals surface area contributed by atoms with Gasteiger partial charge in [0.15, 0.2) is 0 Å². The van der Waals surface area contributed by atoms with Crippen LogP contribution in [0.25, 0.3) is 11.1 Å². The van der Waals surface area contributed by atoms with Crippen LogP contribution in [0, 0.1) is 5.92 Å². The summed E-state index contributed by atoms with van der Waals surface area (Å²) in [7, 11) is 0. The highest BCUT2D eigenvalue weighted by Gasteiger charge is 2.15. The number of benzene rings is 2. The van der Waals surface area contributed by atoms with Crippen molar-refractivity contribution in [3.8, 4) is 11.1 Å². The Morgan fingerprint density at radius 1 is 1.04 bits per heavy atom. The molecule has 142 valence electrons. The molecule has 5 heteroatoms. The molecular weight excluding hydrogens is 342 g/mol. The van der Waals surface area contributed by atoms with Crippen molar-refractivity contribution in [2.24, 2.45) is 5.92 Å². The number of carbonyl (C=O) groups is 2. The van der Waals surface area contributed by atoms with Gasteiger partial charge in [-0.05, 0) is 61.1 Å². The Morgan fingerprint density at radius 2 is 1.67 bits per heavy atom. The van der Waals surface area contributed by atoms with Gasteiger partial charge in [0.2, 0.25) is 0 Å². The van der Waals surface area contributed by atoms with E-state index in [-0.39, 0.29) is 11.9 Å². The van der Waals surface area contributed by atoms with Gasteiger partial charge in [-0.3, -0.25) is 4.79 Å². The molecule has 27 heavy (non-hydrogen) atoms. The lowest BCUT2D eigenvalue weighted by Gasteiger charge is -2.22. The molecule has 0 saturated carbocycles. The maximum absolute atomic E-state index is 12.3. The number of nitrogens with one attached hydrogen (secondary N) is 1. The van der Waals surface area contributed by atoms with Gasteiger partial charge < -0.3 is 14.8 Å². The molecule has 3 rings (SSSR count). The Kier molecular flexibility index (Phi) is 6.60. The van der Waals surface area contributed by atoms with E-state index >= 15 is 0 Å². The zero-order valence-electron chi connectivity index (χ0n) is 15.6. The summed E-state index contributed by atoms with van der Waals surface area (Å²) in [4.78, 5) is 24.0. The summed E-state index contributed by atoms with van der Waals surface area (Å²) in [6.45, 7) is 4.34. The second-order valence-corrected chi connectivity index (χ2v) is 6.67. The minimum absolute atomic E-state index is 0.0650. The van der Waals surface area contributed by atoms with Crippen LogP contribution in [0.1, 0.15) is 40.5 Å². The third-order valence-electron chi connectivity index (χ3n) is 4.68. The first kappa shape index (κ1) is 19.1. The molecule has 1 saturated heterocycles. The third kappa shape index (κ3) is 5.17. The molecule has 2 aromatic carbocycles. The molecule has 1 aliphatic rings. The molecule has 1 amide bonds. The second kappa shape index (κ2) is 9.33. The average Bonchev–Trinajstić information content (AvgIpc) is 2.73. The van der Waals surface area contributed by atoms with E-state index in [0.29, 0.717) is 30.2 Å². The predicted octanol–water partition coefficient (Wildman–Crippen LogP) is 3.69. The maximum Gasteiger partial charge on any atom is 0.338 e. The van der Waals surface area contributed by atoms with Crippen LogP contribution >= 0.6 is 0 Å². The van der Waals surface area contributed by atoms with Gasteiger partial charge in [-0.15, -0.1) is 0 Å². The van der Waals surface area contributed by atoms with Crippen molar-refractivity contribution in [1.82, 2.24) is 5.32 Å². The summed E-state index contributed by atoms with van der Waals surface area (Å²) >= 11 is 0. The van der Waals surface area contributed by atoms with Gasteiger partial charge >= 0.3 is 5.97 Å². The standard InChI is InChI=1S/C22H25NO4/c1-2-27-22(25)20-11-7-18(8-12-20)17-5-9-19(10-6-17)21(24)23-14-16-4-3-13-26-15-16/h5-12,16H,2-4,13-15H2,1H3,(H,23,24)/t16-/m0/s1. The maximum atomic E-state index is 12.3. The van der Waals surface area contributed by atoms with Crippen LogP contribution in [-0.4, -0.2) is 38.2 Å². The number of amides is 1. The second-order valence-electron chi connectivity index (χ2n) is 6.67. The number of ether oxygens (including phenoxy) is 2. The van der Waals surface area contributed by atoms with Gasteiger partial charge in [-0.25, -0.2) is 4.79 Å². The van der Waals surface area contributed by atoms with Crippen LogP contribution in [0.5, 0.6) is 0 Å². The predicted molar refractivity (Wildman–Crippen MR) is 104 cm³/mol. The van der Waals surface area contributed by atoms with Crippen molar-refractivity contribution >= 4 is 11.9 Å². The first-order valence-corrected chi connectivity index (χ1v) is 9.41. The molecule has 0 radical (unpaired) electrons. The van der Waals surface area contributed by atoms with Crippen LogP contribution in [0.2, 0.25) is 0 Å². The normalized spacial score (nSPS) is 16.6. The SMILES string of the molecule is CCOC(=O)c1ccc(-c2ccc(C(=O)NC[C@@H]3CCCOC3)cc2)cc1. The first-order chi connectivity index (χ1) is 13.2. The van der Waals surface area contributed by atoms with Crippen molar-refractivity contribution in [3.63, 3.8) is 0 Å². The molecule has 1 aliphatic heterocycles. The van der Waals surface area contributed by atoms with Crippen LogP contribution in [0.4, 0.5) is 0 Å². The van der Waals surface area contributed by atoms with Gasteiger partial charge in [0, 0.05) is 18.7 Å². The Hall–Kier alpha value is -2.66. The fraction of sp³-hybridized carbons (Fsp3) is 0.364. The monoisotopic (exact) mass is 367 g/mol. The number of esters is 1. The molecule has 1 N–H and O–H groups in total. The fourth-order valence-electron chi connectivity index (χ4n) is 3.13. The highest BCUT2D eigenvalue weighted by molar-refractivity contribution is 5.94. The van der Waals surface area contributed by atoms with E-state index in [4.69, 9.17) is 9.47 Å². The summed E-state index contributed by atoms with van der Waals surface area (Å²) in [5, 5.41) is 2.99. The van der Waals surface area contributed by atoms with Crippen molar-refractivity contribution in [2.75, 3.05) is 26.4 Å². The van der Waals surface area contributed by atoms with E-state index in [2.05, 4.69) is 5.32 Å². The number of carbonyl (C=O) groups excluding carboxylic acids is 2. The van der Waals surface area contributed by atoms with Crippen LogP contribution in [0.15, 0.2) is 48.5 Å². The molecule has 0 bridgehead atoms. The topological polar surface area (TPSA) is 64.6 Å². The van der Waals surface area contributed by atoms with Crippen molar-refractivity contribution in [2.45, 2.75) is 19.8 Å². The molecule has 5 nitrogen and oxygen atoms in total. The molecule has 0 aliphatic carbocycles. The lowest BCUT2D eigenvalue weighted by Crippen LogP contribution is -2.33. The molecule has 1 heterocycles. The van der Waals surface area contributed by atoms with Gasteiger partial charge in [-0.1, -0.05) is 24.3 Å². The lowest BCUT2D eigenvalue weighted by molar-refractivity contribution is 0.0524. The first-order valence-electron chi connectivity index (χ1n) is 9.41. The quantitative estimate of drug-likeness (QED) is 0.791. The summed E-state index contributed by atoms with van der Waals surface area (Å²) in [5.74, 6) is 0.0177. The van der Waals surface area contributed by atoms with Gasteiger partial charge in [0.25, 0.3) is 5.91 Å². The van der Waals surface area contributed by atoms with E-state index in [1.807, 2.05) is 36.4 Å². The van der Waals surface area contributed by atoms with Gasteiger partial charge in [0.1, 0.15) is 0 Å². The summed E-state index contributed by atoms with van der Waals surface area (Å²) in [6.07, 6.45) is 2.16. The summed E-state index contributed by atoms with van der Waals surface area (Å²) in [6, 6.07) is 14.7. The lowest BCUT2D eigenvalue weighted by atomic mass is 10.0. The minimum atomic E-state index is -0.320. The molecule has 0 aromatic heterocycles. The molecule has 1 fully saturated rings.